The van der Waals surface area contributed by atoms with Crippen molar-refractivity contribution in [1.29, 1.82) is 0 Å². The predicted octanol–water partition coefficient (Wildman–Crippen LogP) is 7.63. The van der Waals surface area contributed by atoms with Gasteiger partial charge in [-0.15, -0.1) is 0 Å². The second kappa shape index (κ2) is 7.87. The highest BCUT2D eigenvalue weighted by atomic mass is 15.1. The zero-order chi connectivity index (χ0) is 34.3. The summed E-state index contributed by atoms with van der Waals surface area (Å²) in [5, 5.41) is 0. The topological polar surface area (TPSA) is 22.2 Å². The Kier molecular flexibility index (Phi) is 2.41. The molecule has 29 heavy (non-hydrogen) atoms. The maximum Gasteiger partial charge on any atom is 0.187 e. The number of hydrogen-bond acceptors (Lipinski definition) is 1. The lowest BCUT2D eigenvalue weighted by Gasteiger charge is -2.27. The highest BCUT2D eigenvalue weighted by Gasteiger charge is 2.23. The summed E-state index contributed by atoms with van der Waals surface area (Å²) in [7, 11) is 0. The molecule has 0 aliphatic rings. The van der Waals surface area contributed by atoms with Crippen LogP contribution >= 0.6 is 0 Å². The molecule has 0 N–H and O–H groups in total. The third-order valence-corrected chi connectivity index (χ3v) is 4.25. The van der Waals surface area contributed by atoms with Crippen LogP contribution in [-0.2, 0) is 5.41 Å². The molecule has 0 aliphatic heterocycles. The minimum absolute atomic E-state index is 0.153. The minimum atomic E-state index is -3.18. The number of benzene rings is 2. The Balaban J connectivity index is 2.88. The van der Waals surface area contributed by atoms with E-state index in [1.54, 1.807) is 20.8 Å². The molecule has 2 atom stereocenters. The fourth-order valence-corrected chi connectivity index (χ4v) is 2.79. The first-order valence-corrected chi connectivity index (χ1v) is 8.89. The molecule has 1 heterocycles. The van der Waals surface area contributed by atoms with Gasteiger partial charge in [0.15, 0.2) is 5.69 Å². The molecule has 150 valence electrons. The summed E-state index contributed by atoms with van der Waals surface area (Å²) in [5.41, 5.74) is -4.19. The van der Waals surface area contributed by atoms with E-state index in [0.717, 1.165) is 24.5 Å². The molecular weight excluding hydrogens is 354 g/mol. The van der Waals surface area contributed by atoms with Crippen molar-refractivity contribution in [3.63, 3.8) is 0 Å². The zero-order valence-corrected chi connectivity index (χ0v) is 16.9. The van der Waals surface area contributed by atoms with Crippen molar-refractivity contribution in [2.45, 2.75) is 65.5 Å². The van der Waals surface area contributed by atoms with E-state index < -0.39 is 102 Å². The van der Waals surface area contributed by atoms with Crippen molar-refractivity contribution < 1.29 is 20.6 Å². The van der Waals surface area contributed by atoms with Gasteiger partial charge < -0.3 is 0 Å². The molecule has 0 radical (unpaired) electrons. The quantitative estimate of drug-likeness (QED) is 0.413. The smallest absolute Gasteiger partial charge is 0.187 e. The molecule has 2 unspecified atom stereocenters. The monoisotopic (exact) mass is 400 g/mol. The van der Waals surface area contributed by atoms with E-state index in [1.807, 2.05) is 0 Å². The van der Waals surface area contributed by atoms with E-state index in [1.165, 1.54) is 0 Å². The largest absolute Gasteiger partial charge is 0.299 e. The van der Waals surface area contributed by atoms with Crippen LogP contribution < -0.4 is 0 Å². The summed E-state index contributed by atoms with van der Waals surface area (Å²) < 4.78 is 128. The van der Waals surface area contributed by atoms with Gasteiger partial charge in [0.05, 0.1) is 19.1 Å². The second-order valence-corrected chi connectivity index (χ2v) is 7.63. The molecule has 0 saturated carbocycles. The number of aromatic nitrogens is 2. The first-order valence-electron chi connectivity index (χ1n) is 16.4. The van der Waals surface area contributed by atoms with Gasteiger partial charge in [0.1, 0.15) is 5.82 Å². The maximum atomic E-state index is 9.18. The Morgan fingerprint density at radius 1 is 1.17 bits per heavy atom. The zero-order valence-electron chi connectivity index (χ0n) is 31.9. The van der Waals surface area contributed by atoms with E-state index in [-0.39, 0.29) is 11.1 Å². The summed E-state index contributed by atoms with van der Waals surface area (Å²) >= 11 is 0. The first kappa shape index (κ1) is 8.88. The van der Waals surface area contributed by atoms with Crippen molar-refractivity contribution in [2.75, 3.05) is 0 Å². The summed E-state index contributed by atoms with van der Waals surface area (Å²) in [6.07, 6.45) is -1.60. The Hall–Kier alpha value is -2.86. The molecular formula is C26H31N3. The Morgan fingerprint density at radius 3 is 2.38 bits per heavy atom. The lowest BCUT2D eigenvalue weighted by atomic mass is 9.81. The highest BCUT2D eigenvalue weighted by Crippen LogP contribution is 2.38. The van der Waals surface area contributed by atoms with Crippen LogP contribution in [0.15, 0.2) is 48.6 Å². The van der Waals surface area contributed by atoms with Crippen LogP contribution in [0.1, 0.15) is 97.4 Å². The van der Waals surface area contributed by atoms with Crippen molar-refractivity contribution in [1.82, 2.24) is 9.55 Å². The van der Waals surface area contributed by atoms with Gasteiger partial charge in [-0.05, 0) is 39.9 Å². The normalized spacial score (nSPS) is 24.2. The average molecular weight is 401 g/mol. The Bertz CT molecular complexity index is 1650. The SMILES string of the molecule is [2H]c1cc(-c2nc([2H])c([2H])n2-c2c(C([2H])(C)C([2H])([2H])[2H])c([2H])c(C(C)(C)C)c([2H])c2C([2H])(C)C([2H])([2H])[2H])c([2H])c([N+]#[C-])c1[2H]. The first-order chi connectivity index (χ1) is 19.7. The van der Waals surface area contributed by atoms with Gasteiger partial charge in [-0.3, -0.25) is 4.57 Å². The van der Waals surface area contributed by atoms with Gasteiger partial charge in [-0.2, -0.15) is 0 Å². The van der Waals surface area contributed by atoms with Crippen LogP contribution in [-0.4, -0.2) is 9.55 Å². The fourth-order valence-electron chi connectivity index (χ4n) is 2.79. The summed E-state index contributed by atoms with van der Waals surface area (Å²) in [6, 6.07) is -2.02. The molecule has 3 heteroatoms. The van der Waals surface area contributed by atoms with E-state index in [9.17, 15) is 2.74 Å². The molecule has 0 spiro atoms. The highest BCUT2D eigenvalue weighted by molar-refractivity contribution is 5.67. The molecule has 0 amide bonds. The molecule has 0 fully saturated rings. The maximum absolute atomic E-state index is 9.18. The van der Waals surface area contributed by atoms with E-state index in [4.69, 9.17) is 24.4 Å². The third-order valence-electron chi connectivity index (χ3n) is 4.25. The number of nitrogens with zero attached hydrogens (tertiary/aromatic N) is 3. The van der Waals surface area contributed by atoms with E-state index in [2.05, 4.69) is 9.83 Å². The molecule has 0 aliphatic carbocycles. The Labute approximate surface area is 196 Å². The van der Waals surface area contributed by atoms with Gasteiger partial charge in [0.25, 0.3) is 0 Å². The third kappa shape index (κ3) is 4.12. The summed E-state index contributed by atoms with van der Waals surface area (Å²) in [5.74, 6) is -5.98. The Morgan fingerprint density at radius 2 is 1.83 bits per heavy atom. The van der Waals surface area contributed by atoms with Gasteiger partial charge in [0, 0.05) is 31.6 Å². The standard InChI is InChI=1S/C26H31N3/c1-17(2)22-15-20(26(5,6)7)16-23(18(3)4)24(22)29-13-12-28-25(29)19-10-9-11-21(14-19)27-8/h9-18H,1-7H3/i1D3,3D3,9D,11D,12D,13D,14D,15D,16D,17D,18D. The van der Waals surface area contributed by atoms with Crippen molar-refractivity contribution in [3.05, 3.63) is 76.7 Å². The number of rotatable bonds is 4. The van der Waals surface area contributed by atoms with Crippen molar-refractivity contribution >= 4 is 5.69 Å². The summed E-state index contributed by atoms with van der Waals surface area (Å²) in [4.78, 5) is 7.16. The summed E-state index contributed by atoms with van der Waals surface area (Å²) in [6.45, 7) is 7.76. The van der Waals surface area contributed by atoms with Crippen LogP contribution in [0.2, 0.25) is 0 Å². The molecule has 3 aromatic rings. The predicted molar refractivity (Wildman–Crippen MR) is 122 cm³/mol. The van der Waals surface area contributed by atoms with Crippen LogP contribution in [0.25, 0.3) is 21.9 Å². The molecule has 1 aromatic heterocycles. The fraction of sp³-hybridized carbons (Fsp3) is 0.385. The number of imidazole rings is 1. The second-order valence-electron chi connectivity index (χ2n) is 7.63. The van der Waals surface area contributed by atoms with E-state index >= 15 is 0 Å². The molecule has 0 saturated heterocycles. The van der Waals surface area contributed by atoms with Gasteiger partial charge in [0.2, 0.25) is 0 Å². The van der Waals surface area contributed by atoms with Crippen LogP contribution in [0.3, 0.4) is 0 Å². The lowest BCUT2D eigenvalue weighted by Crippen LogP contribution is -2.16. The van der Waals surface area contributed by atoms with Crippen molar-refractivity contribution in [2.24, 2.45) is 0 Å². The van der Waals surface area contributed by atoms with Crippen LogP contribution in [0.5, 0.6) is 0 Å². The lowest BCUT2D eigenvalue weighted by molar-refractivity contribution is 0.586. The number of hydrogen-bond donors (Lipinski definition) is 0. The van der Waals surface area contributed by atoms with Crippen molar-refractivity contribution in [3.8, 4) is 17.1 Å². The molecule has 0 bridgehead atoms. The molecule has 2 aromatic carbocycles. The minimum Gasteiger partial charge on any atom is -0.299 e. The van der Waals surface area contributed by atoms with Gasteiger partial charge in [-0.1, -0.05) is 78.6 Å². The van der Waals surface area contributed by atoms with Crippen LogP contribution in [0, 0.1) is 6.57 Å². The average Bonchev–Trinajstić information content (AvgIpc) is 3.12. The molecule has 3 nitrogen and oxygen atoms in total. The van der Waals surface area contributed by atoms with Gasteiger partial charge in [-0.25, -0.2) is 9.83 Å². The molecule has 3 rings (SSSR count). The van der Waals surface area contributed by atoms with Crippen LogP contribution in [0.4, 0.5) is 5.69 Å². The van der Waals surface area contributed by atoms with Gasteiger partial charge >= 0.3 is 0 Å². The van der Waals surface area contributed by atoms with E-state index in [0.29, 0.717) is 0 Å².